The number of rotatable bonds is 5. The Balaban J connectivity index is 1.23. The van der Waals surface area contributed by atoms with Crippen LogP contribution in [0.4, 0.5) is 26.0 Å². The van der Waals surface area contributed by atoms with Gasteiger partial charge in [-0.1, -0.05) is 24.1 Å². The molecule has 3 aromatic heterocycles. The van der Waals surface area contributed by atoms with Crippen molar-refractivity contribution in [1.82, 2.24) is 24.5 Å². The van der Waals surface area contributed by atoms with Gasteiger partial charge in [-0.25, -0.2) is 13.8 Å². The third-order valence-corrected chi connectivity index (χ3v) is 6.92. The molecule has 1 amide bonds. The highest BCUT2D eigenvalue weighted by molar-refractivity contribution is 6.04. The number of imidazole rings is 1. The lowest BCUT2D eigenvalue weighted by atomic mass is 10.0. The Morgan fingerprint density at radius 3 is 2.80 bits per heavy atom. The molecule has 1 aliphatic rings. The Hall–Kier alpha value is -5.01. The molecule has 0 fully saturated rings. The number of nitrogens with one attached hydrogen (secondary N) is 3. The molecule has 0 radical (unpaired) electrons. The fraction of sp³-hybridized carbons (Fsp3) is 0.194. The first-order valence-electron chi connectivity index (χ1n) is 13.2. The molecule has 8 nitrogen and oxygen atoms in total. The molecule has 0 unspecified atom stereocenters. The number of carbonyl (C=O) groups excluding carboxylic acids is 1. The molecule has 1 aliphatic heterocycles. The van der Waals surface area contributed by atoms with Gasteiger partial charge in [-0.05, 0) is 54.8 Å². The molecule has 5 aromatic rings. The summed E-state index contributed by atoms with van der Waals surface area (Å²) in [5.41, 5.74) is 5.41. The number of halogens is 2. The van der Waals surface area contributed by atoms with Gasteiger partial charge in [0.25, 0.3) is 11.8 Å². The zero-order chi connectivity index (χ0) is 28.6. The Labute approximate surface area is 235 Å². The molecule has 2 aromatic carbocycles. The van der Waals surface area contributed by atoms with Gasteiger partial charge in [0.1, 0.15) is 5.69 Å². The summed E-state index contributed by atoms with van der Waals surface area (Å²) in [5, 5.41) is 14.1. The minimum atomic E-state index is -3.00. The quantitative estimate of drug-likeness (QED) is 0.253. The Morgan fingerprint density at radius 2 is 1.98 bits per heavy atom. The summed E-state index contributed by atoms with van der Waals surface area (Å²) in [6.07, 6.45) is 3.60. The smallest absolute Gasteiger partial charge is 0.270 e. The molecular formula is C31H27F2N7O. The van der Waals surface area contributed by atoms with Crippen LogP contribution in [-0.4, -0.2) is 31.6 Å². The first-order valence-corrected chi connectivity index (χ1v) is 13.2. The van der Waals surface area contributed by atoms with E-state index < -0.39 is 11.8 Å². The van der Waals surface area contributed by atoms with Crippen LogP contribution < -0.4 is 16.0 Å². The van der Waals surface area contributed by atoms with Crippen LogP contribution in [0.1, 0.15) is 45.4 Å². The van der Waals surface area contributed by atoms with E-state index in [0.29, 0.717) is 28.2 Å². The van der Waals surface area contributed by atoms with Crippen molar-refractivity contribution in [3.05, 3.63) is 107 Å². The first kappa shape index (κ1) is 26.2. The van der Waals surface area contributed by atoms with Crippen molar-refractivity contribution in [3.63, 3.8) is 0 Å². The van der Waals surface area contributed by atoms with E-state index in [1.165, 1.54) is 18.2 Å². The maximum Gasteiger partial charge on any atom is 0.270 e. The molecule has 206 valence electrons. The minimum absolute atomic E-state index is 0.168. The average molecular weight is 552 g/mol. The average Bonchev–Trinajstić information content (AvgIpc) is 3.56. The van der Waals surface area contributed by atoms with Crippen molar-refractivity contribution < 1.29 is 13.6 Å². The highest BCUT2D eigenvalue weighted by atomic mass is 19.3. The fourth-order valence-electron chi connectivity index (χ4n) is 4.70. The van der Waals surface area contributed by atoms with Gasteiger partial charge in [0, 0.05) is 54.7 Å². The molecular weight excluding hydrogens is 524 g/mol. The van der Waals surface area contributed by atoms with Crippen LogP contribution in [0.15, 0.2) is 73.1 Å². The van der Waals surface area contributed by atoms with Crippen molar-refractivity contribution in [2.45, 2.75) is 32.9 Å². The maximum absolute atomic E-state index is 13.7. The number of hydrogen-bond acceptors (Lipinski definition) is 5. The van der Waals surface area contributed by atoms with Crippen LogP contribution in [0.25, 0.3) is 5.65 Å². The molecule has 4 heterocycles. The second-order valence-corrected chi connectivity index (χ2v) is 10.0. The van der Waals surface area contributed by atoms with Gasteiger partial charge in [0.15, 0.2) is 11.5 Å². The summed E-state index contributed by atoms with van der Waals surface area (Å²) in [6.45, 7) is 5.25. The van der Waals surface area contributed by atoms with Crippen LogP contribution in [0.3, 0.4) is 0 Å². The molecule has 0 saturated heterocycles. The highest BCUT2D eigenvalue weighted by Gasteiger charge is 2.24. The predicted molar refractivity (Wildman–Crippen MR) is 154 cm³/mol. The Bertz CT molecular complexity index is 1820. The largest absolute Gasteiger partial charge is 0.336 e. The molecule has 0 saturated carbocycles. The summed E-state index contributed by atoms with van der Waals surface area (Å²) >= 11 is 0. The summed E-state index contributed by atoms with van der Waals surface area (Å²) < 4.78 is 31.3. The summed E-state index contributed by atoms with van der Waals surface area (Å²) in [7, 11) is 0. The number of hydrogen-bond donors (Lipinski definition) is 3. The number of benzene rings is 2. The van der Waals surface area contributed by atoms with Gasteiger partial charge in [0.2, 0.25) is 0 Å². The van der Waals surface area contributed by atoms with E-state index in [1.807, 2.05) is 46.5 Å². The number of carbonyl (C=O) groups is 1. The number of fused-ring (bicyclic) bond motifs is 2. The van der Waals surface area contributed by atoms with Crippen LogP contribution in [-0.2, 0) is 19.0 Å². The zero-order valence-electron chi connectivity index (χ0n) is 22.5. The van der Waals surface area contributed by atoms with Crippen LogP contribution in [0.5, 0.6) is 0 Å². The number of aromatic nitrogens is 4. The second-order valence-electron chi connectivity index (χ2n) is 10.0. The van der Waals surface area contributed by atoms with Crippen LogP contribution >= 0.6 is 0 Å². The van der Waals surface area contributed by atoms with E-state index in [2.05, 4.69) is 37.9 Å². The lowest BCUT2D eigenvalue weighted by molar-refractivity contribution is 0.0175. The van der Waals surface area contributed by atoms with Gasteiger partial charge < -0.3 is 16.0 Å². The van der Waals surface area contributed by atoms with Crippen molar-refractivity contribution in [3.8, 4) is 11.8 Å². The number of aryl methyl sites for hydroxylation is 1. The van der Waals surface area contributed by atoms with Crippen molar-refractivity contribution in [1.29, 1.82) is 0 Å². The van der Waals surface area contributed by atoms with E-state index in [-0.39, 0.29) is 5.56 Å². The molecule has 41 heavy (non-hydrogen) atoms. The lowest BCUT2D eigenvalue weighted by Gasteiger charge is -2.13. The number of nitrogens with zero attached hydrogens (tertiary/aromatic N) is 4. The summed E-state index contributed by atoms with van der Waals surface area (Å²) in [5.74, 6) is 3.69. The number of amides is 1. The molecule has 0 spiro atoms. The Morgan fingerprint density at radius 1 is 1.10 bits per heavy atom. The van der Waals surface area contributed by atoms with Crippen molar-refractivity contribution >= 4 is 28.7 Å². The van der Waals surface area contributed by atoms with Crippen molar-refractivity contribution in [2.75, 3.05) is 17.2 Å². The van der Waals surface area contributed by atoms with E-state index >= 15 is 0 Å². The van der Waals surface area contributed by atoms with Gasteiger partial charge in [-0.2, -0.15) is 5.10 Å². The zero-order valence-corrected chi connectivity index (χ0v) is 22.5. The molecule has 0 aliphatic carbocycles. The van der Waals surface area contributed by atoms with Crippen LogP contribution in [0.2, 0.25) is 0 Å². The predicted octanol–water partition coefficient (Wildman–Crippen LogP) is 5.45. The normalized spacial score (nSPS) is 12.9. The number of anilines is 3. The van der Waals surface area contributed by atoms with Gasteiger partial charge >= 0.3 is 0 Å². The van der Waals surface area contributed by atoms with Crippen molar-refractivity contribution in [2.24, 2.45) is 0 Å². The SMILES string of the molecule is Cc1ccc(C(=O)Nc2cccc(C(C)(F)F)c2)cc1C#Cc1cnc2c(Nc3cc4n(n3)CCNC4)cccn12. The van der Waals surface area contributed by atoms with Gasteiger partial charge in [-0.3, -0.25) is 13.9 Å². The third kappa shape index (κ3) is 5.53. The third-order valence-electron chi connectivity index (χ3n) is 6.92. The van der Waals surface area contributed by atoms with Crippen LogP contribution in [0, 0.1) is 18.8 Å². The monoisotopic (exact) mass is 551 g/mol. The first-order chi connectivity index (χ1) is 19.7. The number of pyridine rings is 1. The summed E-state index contributed by atoms with van der Waals surface area (Å²) in [6, 6.07) is 16.8. The molecule has 3 N–H and O–H groups in total. The molecule has 6 rings (SSSR count). The van der Waals surface area contributed by atoms with E-state index in [4.69, 9.17) is 0 Å². The molecule has 0 atom stereocenters. The van der Waals surface area contributed by atoms with Gasteiger partial charge in [0.05, 0.1) is 24.1 Å². The Kier molecular flexibility index (Phi) is 6.73. The molecule has 0 bridgehead atoms. The maximum atomic E-state index is 13.7. The van der Waals surface area contributed by atoms with E-state index in [0.717, 1.165) is 49.3 Å². The highest BCUT2D eigenvalue weighted by Crippen LogP contribution is 2.29. The van der Waals surface area contributed by atoms with E-state index in [9.17, 15) is 13.6 Å². The molecule has 10 heteroatoms. The minimum Gasteiger partial charge on any atom is -0.336 e. The summed E-state index contributed by atoms with van der Waals surface area (Å²) in [4.78, 5) is 17.5. The number of alkyl halides is 2. The lowest BCUT2D eigenvalue weighted by Crippen LogP contribution is -2.28. The second kappa shape index (κ2) is 10.5. The topological polar surface area (TPSA) is 88.3 Å². The fourth-order valence-corrected chi connectivity index (χ4v) is 4.70. The van der Waals surface area contributed by atoms with E-state index in [1.54, 1.807) is 24.4 Å². The standard InChI is InChI=1S/C31H27F2N7O/c1-20-8-9-22(30(41)36-24-6-3-5-23(16-24)31(2,32)33)15-21(20)10-11-25-19-35-29-27(7-4-13-39(25)29)37-28-17-26-18-34-12-14-40(26)38-28/h3-9,13,15-17,19,34H,12,14,18H2,1-2H3,(H,36,41)(H,37,38). The van der Waals surface area contributed by atoms with Gasteiger partial charge in [-0.15, -0.1) is 0 Å².